The maximum Gasteiger partial charge on any atom is -0.0325 e. The summed E-state index contributed by atoms with van der Waals surface area (Å²) in [5.74, 6) is 0.888. The second kappa shape index (κ2) is 12.8. The van der Waals surface area contributed by atoms with Crippen LogP contribution in [0, 0.1) is 5.92 Å². The summed E-state index contributed by atoms with van der Waals surface area (Å²) in [6.07, 6.45) is 18.5. The van der Waals surface area contributed by atoms with Gasteiger partial charge < -0.3 is 0 Å². The van der Waals surface area contributed by atoms with Gasteiger partial charge in [-0.3, -0.25) is 0 Å². The summed E-state index contributed by atoms with van der Waals surface area (Å²) < 4.78 is 0. The Morgan fingerprint density at radius 1 is 0.812 bits per heavy atom. The molecule has 16 heavy (non-hydrogen) atoms. The second-order valence-corrected chi connectivity index (χ2v) is 5.16. The van der Waals surface area contributed by atoms with Gasteiger partial charge in [0.05, 0.1) is 0 Å². The molecule has 0 saturated carbocycles. The maximum atomic E-state index is 2.40. The highest BCUT2D eigenvalue weighted by atomic mass is 14.0. The fraction of sp³-hybridized carbons (Fsp3) is 0.875. The van der Waals surface area contributed by atoms with Crippen LogP contribution in [-0.4, -0.2) is 0 Å². The topological polar surface area (TPSA) is 0 Å². The molecule has 0 nitrogen and oxygen atoms in total. The average molecular weight is 224 g/mol. The quantitative estimate of drug-likeness (QED) is 0.293. The summed E-state index contributed by atoms with van der Waals surface area (Å²) in [5.41, 5.74) is 0. The van der Waals surface area contributed by atoms with E-state index in [0.717, 1.165) is 5.92 Å². The lowest BCUT2D eigenvalue weighted by atomic mass is 9.99. The van der Waals surface area contributed by atoms with Crippen LogP contribution in [0.25, 0.3) is 0 Å². The lowest BCUT2D eigenvalue weighted by molar-refractivity contribution is 0.493. The largest absolute Gasteiger partial charge is 0.0885 e. The Morgan fingerprint density at radius 3 is 2.19 bits per heavy atom. The van der Waals surface area contributed by atoms with Crippen molar-refractivity contribution in [1.82, 2.24) is 0 Å². The molecule has 1 unspecified atom stereocenters. The third kappa shape index (κ3) is 11.8. The first-order valence-corrected chi connectivity index (χ1v) is 7.46. The molecule has 0 aromatic heterocycles. The third-order valence-corrected chi connectivity index (χ3v) is 3.23. The molecule has 0 amide bonds. The second-order valence-electron chi connectivity index (χ2n) is 5.16. The van der Waals surface area contributed by atoms with Gasteiger partial charge in [-0.05, 0) is 25.2 Å². The van der Waals surface area contributed by atoms with Gasteiger partial charge >= 0.3 is 0 Å². The predicted molar refractivity (Wildman–Crippen MR) is 75.8 cm³/mol. The molecule has 0 spiro atoms. The van der Waals surface area contributed by atoms with Crippen molar-refractivity contribution in [2.75, 3.05) is 0 Å². The number of hydrogen-bond acceptors (Lipinski definition) is 0. The first kappa shape index (κ1) is 15.7. The zero-order valence-corrected chi connectivity index (χ0v) is 11.8. The van der Waals surface area contributed by atoms with Gasteiger partial charge in [-0.15, -0.1) is 0 Å². The van der Waals surface area contributed by atoms with Gasteiger partial charge in [0.15, 0.2) is 0 Å². The Bertz CT molecular complexity index is 146. The molecule has 0 heterocycles. The number of rotatable bonds is 11. The van der Waals surface area contributed by atoms with E-state index in [4.69, 9.17) is 0 Å². The Balaban J connectivity index is 3.24. The normalized spacial score (nSPS) is 13.4. The van der Waals surface area contributed by atoms with E-state index in [1.807, 2.05) is 0 Å². The van der Waals surface area contributed by atoms with Crippen molar-refractivity contribution in [2.45, 2.75) is 85.0 Å². The van der Waals surface area contributed by atoms with Gasteiger partial charge in [0.1, 0.15) is 0 Å². The van der Waals surface area contributed by atoms with Crippen LogP contribution in [0.1, 0.15) is 85.0 Å². The molecule has 0 aromatic carbocycles. The molecule has 96 valence electrons. The summed E-state index contributed by atoms with van der Waals surface area (Å²) in [6, 6.07) is 0. The lowest BCUT2D eigenvalue weighted by Gasteiger charge is -2.07. The lowest BCUT2D eigenvalue weighted by Crippen LogP contribution is -1.92. The smallest absolute Gasteiger partial charge is 0.0325 e. The van der Waals surface area contributed by atoms with E-state index in [2.05, 4.69) is 32.9 Å². The predicted octanol–water partition coefficient (Wildman–Crippen LogP) is 6.12. The van der Waals surface area contributed by atoms with E-state index in [-0.39, 0.29) is 0 Å². The summed E-state index contributed by atoms with van der Waals surface area (Å²) in [6.45, 7) is 6.94. The molecule has 0 radical (unpaired) electrons. The van der Waals surface area contributed by atoms with Crippen molar-refractivity contribution in [1.29, 1.82) is 0 Å². The fourth-order valence-electron chi connectivity index (χ4n) is 2.00. The van der Waals surface area contributed by atoms with Crippen LogP contribution in [0.15, 0.2) is 12.2 Å². The molecular weight excluding hydrogens is 192 g/mol. The summed E-state index contributed by atoms with van der Waals surface area (Å²) >= 11 is 0. The number of hydrogen-bond donors (Lipinski definition) is 0. The Hall–Kier alpha value is -0.260. The highest BCUT2D eigenvalue weighted by Crippen LogP contribution is 2.14. The van der Waals surface area contributed by atoms with Crippen LogP contribution in [0.4, 0.5) is 0 Å². The molecule has 0 heteroatoms. The van der Waals surface area contributed by atoms with E-state index in [0.29, 0.717) is 0 Å². The SMILES string of the molecule is CCCCCC=CCC(C)CCCCCC. The zero-order chi connectivity index (χ0) is 12.1. The van der Waals surface area contributed by atoms with Gasteiger partial charge in [0.25, 0.3) is 0 Å². The van der Waals surface area contributed by atoms with E-state index >= 15 is 0 Å². The number of allylic oxidation sites excluding steroid dienone is 2. The van der Waals surface area contributed by atoms with E-state index < -0.39 is 0 Å². The van der Waals surface area contributed by atoms with Crippen molar-refractivity contribution < 1.29 is 0 Å². The molecule has 0 fully saturated rings. The maximum absolute atomic E-state index is 2.40. The molecule has 0 aliphatic heterocycles. The van der Waals surface area contributed by atoms with Gasteiger partial charge in [-0.25, -0.2) is 0 Å². The molecule has 0 aromatic rings. The van der Waals surface area contributed by atoms with Crippen LogP contribution in [0.2, 0.25) is 0 Å². The summed E-state index contributed by atoms with van der Waals surface area (Å²) in [4.78, 5) is 0. The summed E-state index contributed by atoms with van der Waals surface area (Å²) in [7, 11) is 0. The average Bonchev–Trinajstić information content (AvgIpc) is 2.29. The van der Waals surface area contributed by atoms with Crippen molar-refractivity contribution in [3.63, 3.8) is 0 Å². The Morgan fingerprint density at radius 2 is 1.50 bits per heavy atom. The molecule has 0 aliphatic carbocycles. The Labute approximate surface area is 104 Å². The minimum atomic E-state index is 0.888. The molecule has 0 bridgehead atoms. The van der Waals surface area contributed by atoms with Gasteiger partial charge in [-0.2, -0.15) is 0 Å². The third-order valence-electron chi connectivity index (χ3n) is 3.23. The minimum Gasteiger partial charge on any atom is -0.0885 e. The van der Waals surface area contributed by atoms with Crippen molar-refractivity contribution in [2.24, 2.45) is 5.92 Å². The highest BCUT2D eigenvalue weighted by Gasteiger charge is 1.98. The van der Waals surface area contributed by atoms with Crippen molar-refractivity contribution >= 4 is 0 Å². The first-order valence-electron chi connectivity index (χ1n) is 7.46. The Kier molecular flexibility index (Phi) is 12.6. The van der Waals surface area contributed by atoms with Crippen molar-refractivity contribution in [3.05, 3.63) is 12.2 Å². The monoisotopic (exact) mass is 224 g/mol. The van der Waals surface area contributed by atoms with Gasteiger partial charge in [-0.1, -0.05) is 77.9 Å². The van der Waals surface area contributed by atoms with Crippen LogP contribution >= 0.6 is 0 Å². The van der Waals surface area contributed by atoms with Crippen LogP contribution in [0.5, 0.6) is 0 Å². The first-order chi connectivity index (χ1) is 7.81. The molecule has 0 saturated heterocycles. The molecule has 0 aliphatic rings. The van der Waals surface area contributed by atoms with Crippen molar-refractivity contribution in [3.8, 4) is 0 Å². The van der Waals surface area contributed by atoms with Gasteiger partial charge in [0.2, 0.25) is 0 Å². The molecule has 0 rings (SSSR count). The molecular formula is C16H32. The van der Waals surface area contributed by atoms with Gasteiger partial charge in [0, 0.05) is 0 Å². The number of unbranched alkanes of at least 4 members (excludes halogenated alkanes) is 6. The van der Waals surface area contributed by atoms with Crippen LogP contribution in [-0.2, 0) is 0 Å². The van der Waals surface area contributed by atoms with E-state index in [1.165, 1.54) is 64.2 Å². The fourth-order valence-corrected chi connectivity index (χ4v) is 2.00. The standard InChI is InChI=1S/C16H32/c1-4-6-8-10-11-13-15-16(3)14-12-9-7-5-2/h11,13,16H,4-10,12,14-15H2,1-3H3. The van der Waals surface area contributed by atoms with E-state index in [1.54, 1.807) is 0 Å². The molecule has 1 atom stereocenters. The van der Waals surface area contributed by atoms with Crippen LogP contribution < -0.4 is 0 Å². The highest BCUT2D eigenvalue weighted by molar-refractivity contribution is 4.83. The zero-order valence-electron chi connectivity index (χ0n) is 11.8. The van der Waals surface area contributed by atoms with Crippen LogP contribution in [0.3, 0.4) is 0 Å². The minimum absolute atomic E-state index is 0.888. The van der Waals surface area contributed by atoms with E-state index in [9.17, 15) is 0 Å². The molecule has 0 N–H and O–H groups in total. The summed E-state index contributed by atoms with van der Waals surface area (Å²) in [5, 5.41) is 0.